The van der Waals surface area contributed by atoms with Gasteiger partial charge in [0.1, 0.15) is 0 Å². The number of urea groups is 1. The summed E-state index contributed by atoms with van der Waals surface area (Å²) in [4.78, 5) is 18.4. The van der Waals surface area contributed by atoms with Crippen LogP contribution in [0.2, 0.25) is 0 Å². The zero-order valence-corrected chi connectivity index (χ0v) is 9.62. The summed E-state index contributed by atoms with van der Waals surface area (Å²) < 4.78 is 12.7. The van der Waals surface area contributed by atoms with Crippen molar-refractivity contribution < 1.29 is 9.18 Å². The second-order valence-electron chi connectivity index (χ2n) is 3.42. The van der Waals surface area contributed by atoms with E-state index in [0.717, 1.165) is 12.4 Å². The van der Waals surface area contributed by atoms with Gasteiger partial charge in [-0.25, -0.2) is 25.0 Å². The highest BCUT2D eigenvalue weighted by Gasteiger charge is 2.01. The van der Waals surface area contributed by atoms with Crippen molar-refractivity contribution in [2.45, 2.75) is 0 Å². The number of hydrogen-bond acceptors (Lipinski definition) is 5. The Balaban J connectivity index is 2.16. The smallest absolute Gasteiger partial charge is 0.273 e. The molecule has 0 atom stereocenters. The van der Waals surface area contributed by atoms with E-state index in [1.807, 2.05) is 5.43 Å². The van der Waals surface area contributed by atoms with Crippen LogP contribution in [-0.4, -0.2) is 16.0 Å². The minimum absolute atomic E-state index is 0.393. The Hall–Kier alpha value is -2.74. The molecule has 2 aromatic rings. The van der Waals surface area contributed by atoms with E-state index in [1.54, 1.807) is 24.3 Å². The maximum Gasteiger partial charge on any atom is 0.373 e. The Bertz CT molecular complexity index is 596. The van der Waals surface area contributed by atoms with Gasteiger partial charge >= 0.3 is 6.03 Å². The highest BCUT2D eigenvalue weighted by Crippen LogP contribution is 2.19. The monoisotopic (exact) mass is 260 g/mol. The number of halogens is 1. The lowest BCUT2D eigenvalue weighted by Gasteiger charge is -1.99. The first-order valence-corrected chi connectivity index (χ1v) is 5.19. The molecule has 2 amide bonds. The Morgan fingerprint density at radius 2 is 1.84 bits per heavy atom. The molecule has 0 saturated heterocycles. The molecular formula is C11H9FN6O. The second-order valence-corrected chi connectivity index (χ2v) is 3.42. The standard InChI is InChI=1S/C11H9FN6O/c12-8-5-14-10(15-6-8)7-1-3-9(4-2-7)17-18-11(19)16-13/h1-6H,13H2,(H,16,19). The van der Waals surface area contributed by atoms with Crippen LogP contribution in [0.25, 0.3) is 11.4 Å². The van der Waals surface area contributed by atoms with Crippen LogP contribution >= 0.6 is 0 Å². The van der Waals surface area contributed by atoms with Crippen molar-refractivity contribution >= 4 is 11.7 Å². The second kappa shape index (κ2) is 5.74. The first-order chi connectivity index (χ1) is 9.19. The van der Waals surface area contributed by atoms with E-state index in [4.69, 9.17) is 5.84 Å². The number of nitrogens with one attached hydrogen (secondary N) is 1. The average molecular weight is 260 g/mol. The number of hydrogen-bond donors (Lipinski definition) is 2. The predicted molar refractivity (Wildman–Crippen MR) is 64.7 cm³/mol. The van der Waals surface area contributed by atoms with E-state index < -0.39 is 11.8 Å². The Morgan fingerprint density at radius 3 is 2.42 bits per heavy atom. The van der Waals surface area contributed by atoms with Gasteiger partial charge in [0.2, 0.25) is 0 Å². The maximum atomic E-state index is 12.7. The summed E-state index contributed by atoms with van der Waals surface area (Å²) >= 11 is 0. The van der Waals surface area contributed by atoms with E-state index in [-0.39, 0.29) is 0 Å². The molecular weight excluding hydrogens is 251 g/mol. The largest absolute Gasteiger partial charge is 0.373 e. The average Bonchev–Trinajstić information content (AvgIpc) is 2.46. The van der Waals surface area contributed by atoms with Crippen molar-refractivity contribution in [3.05, 3.63) is 42.5 Å². The Morgan fingerprint density at radius 1 is 1.21 bits per heavy atom. The van der Waals surface area contributed by atoms with E-state index in [9.17, 15) is 9.18 Å². The first kappa shape index (κ1) is 12.7. The van der Waals surface area contributed by atoms with Gasteiger partial charge < -0.3 is 0 Å². The van der Waals surface area contributed by atoms with Gasteiger partial charge in [-0.3, -0.25) is 5.43 Å². The van der Waals surface area contributed by atoms with Crippen LogP contribution in [0, 0.1) is 5.82 Å². The van der Waals surface area contributed by atoms with Crippen molar-refractivity contribution in [1.82, 2.24) is 15.4 Å². The Kier molecular flexibility index (Phi) is 3.84. The van der Waals surface area contributed by atoms with Crippen molar-refractivity contribution in [2.24, 2.45) is 16.1 Å². The van der Waals surface area contributed by atoms with Gasteiger partial charge in [-0.2, -0.15) is 0 Å². The van der Waals surface area contributed by atoms with Gasteiger partial charge in [0.05, 0.1) is 18.1 Å². The molecule has 3 N–H and O–H groups in total. The fourth-order valence-corrected chi connectivity index (χ4v) is 1.27. The van der Waals surface area contributed by atoms with Crippen LogP contribution in [-0.2, 0) is 0 Å². The van der Waals surface area contributed by atoms with Crippen molar-refractivity contribution in [3.8, 4) is 11.4 Å². The zero-order valence-electron chi connectivity index (χ0n) is 9.62. The van der Waals surface area contributed by atoms with Crippen molar-refractivity contribution in [3.63, 3.8) is 0 Å². The van der Waals surface area contributed by atoms with Crippen LogP contribution in [0.4, 0.5) is 14.9 Å². The lowest BCUT2D eigenvalue weighted by atomic mass is 10.2. The molecule has 0 spiro atoms. The van der Waals surface area contributed by atoms with Crippen LogP contribution in [0.1, 0.15) is 0 Å². The number of nitrogens with zero attached hydrogens (tertiary/aromatic N) is 4. The zero-order chi connectivity index (χ0) is 13.7. The van der Waals surface area contributed by atoms with Gasteiger partial charge in [0.25, 0.3) is 0 Å². The van der Waals surface area contributed by atoms with E-state index in [1.165, 1.54) is 0 Å². The van der Waals surface area contributed by atoms with Crippen LogP contribution in [0.3, 0.4) is 0 Å². The number of benzene rings is 1. The SMILES string of the molecule is NNC(=O)N=Nc1ccc(-c2ncc(F)cn2)cc1. The van der Waals surface area contributed by atoms with Crippen LogP contribution < -0.4 is 11.3 Å². The summed E-state index contributed by atoms with van der Waals surface area (Å²) in [7, 11) is 0. The number of aromatic nitrogens is 2. The molecule has 19 heavy (non-hydrogen) atoms. The number of rotatable bonds is 2. The molecule has 96 valence electrons. The quantitative estimate of drug-likeness (QED) is 0.372. The molecule has 1 aromatic heterocycles. The molecule has 1 aromatic carbocycles. The van der Waals surface area contributed by atoms with E-state index in [2.05, 4.69) is 20.2 Å². The molecule has 0 aliphatic rings. The molecule has 0 radical (unpaired) electrons. The fourth-order valence-electron chi connectivity index (χ4n) is 1.27. The number of amides is 2. The summed E-state index contributed by atoms with van der Waals surface area (Å²) in [6, 6.07) is 5.86. The third-order valence-corrected chi connectivity index (χ3v) is 2.13. The number of nitrogens with two attached hydrogens (primary N) is 1. The molecule has 8 heteroatoms. The van der Waals surface area contributed by atoms with Gasteiger partial charge in [-0.05, 0) is 24.3 Å². The molecule has 0 fully saturated rings. The van der Waals surface area contributed by atoms with Crippen molar-refractivity contribution in [1.29, 1.82) is 0 Å². The minimum Gasteiger partial charge on any atom is -0.273 e. The van der Waals surface area contributed by atoms with E-state index in [0.29, 0.717) is 17.1 Å². The minimum atomic E-state index is -0.744. The van der Waals surface area contributed by atoms with Crippen molar-refractivity contribution in [2.75, 3.05) is 0 Å². The highest BCUT2D eigenvalue weighted by molar-refractivity contribution is 5.73. The predicted octanol–water partition coefficient (Wildman–Crippen LogP) is 1.95. The molecule has 0 unspecified atom stereocenters. The number of hydrazine groups is 1. The molecule has 1 heterocycles. The summed E-state index contributed by atoms with van der Waals surface area (Å²) in [5, 5.41) is 6.95. The fraction of sp³-hybridized carbons (Fsp3) is 0. The van der Waals surface area contributed by atoms with Crippen LogP contribution in [0.5, 0.6) is 0 Å². The highest BCUT2D eigenvalue weighted by atomic mass is 19.1. The molecule has 0 bridgehead atoms. The third-order valence-electron chi connectivity index (χ3n) is 2.13. The maximum absolute atomic E-state index is 12.7. The molecule has 0 aliphatic carbocycles. The van der Waals surface area contributed by atoms with Gasteiger partial charge in [0, 0.05) is 5.56 Å². The first-order valence-electron chi connectivity index (χ1n) is 5.19. The van der Waals surface area contributed by atoms with E-state index >= 15 is 0 Å². The molecule has 0 aliphatic heterocycles. The summed E-state index contributed by atoms with van der Waals surface area (Å²) in [6.07, 6.45) is 2.17. The lowest BCUT2D eigenvalue weighted by Crippen LogP contribution is -2.26. The van der Waals surface area contributed by atoms with Gasteiger partial charge in [0.15, 0.2) is 11.6 Å². The number of carbonyl (C=O) groups excluding carboxylic acids is 1. The lowest BCUT2D eigenvalue weighted by molar-refractivity contribution is 0.248. The summed E-state index contributed by atoms with van der Waals surface area (Å²) in [6.45, 7) is 0. The van der Waals surface area contributed by atoms with Gasteiger partial charge in [-0.15, -0.1) is 5.11 Å². The third kappa shape index (κ3) is 3.36. The number of azo groups is 1. The normalized spacial score (nSPS) is 10.6. The van der Waals surface area contributed by atoms with Gasteiger partial charge in [-0.1, -0.05) is 5.11 Å². The summed E-state index contributed by atoms with van der Waals surface area (Å²) in [5.74, 6) is 4.74. The number of carbonyl (C=O) groups is 1. The summed E-state index contributed by atoms with van der Waals surface area (Å²) in [5.41, 5.74) is 2.99. The molecule has 2 rings (SSSR count). The topological polar surface area (TPSA) is 106 Å². The Labute approximate surface area is 107 Å². The molecule has 7 nitrogen and oxygen atoms in total. The molecule has 0 saturated carbocycles. The van der Waals surface area contributed by atoms with Crippen LogP contribution in [0.15, 0.2) is 46.9 Å².